The van der Waals surface area contributed by atoms with E-state index in [4.69, 9.17) is 5.11 Å². The molecule has 7 heavy (non-hydrogen) atoms. The summed E-state index contributed by atoms with van der Waals surface area (Å²) >= 11 is 0. The third-order valence-corrected chi connectivity index (χ3v) is 0.542. The molecule has 0 aliphatic heterocycles. The Morgan fingerprint density at radius 1 is 1.86 bits per heavy atom. The van der Waals surface area contributed by atoms with Gasteiger partial charge in [-0.2, -0.15) is 0 Å². The molecule has 1 radical (unpaired) electrons. The Kier molecular flexibility index (Phi) is 2.30. The van der Waals surface area contributed by atoms with Crippen molar-refractivity contribution in [2.45, 2.75) is 6.92 Å². The van der Waals surface area contributed by atoms with Gasteiger partial charge in [-0.15, -0.1) is 0 Å². The maximum Gasteiger partial charge on any atom is 0.189 e. The van der Waals surface area contributed by atoms with Crippen molar-refractivity contribution in [3.05, 3.63) is 18.8 Å². The number of rotatable bonds is 2. The van der Waals surface area contributed by atoms with Gasteiger partial charge < -0.3 is 5.11 Å². The van der Waals surface area contributed by atoms with Crippen LogP contribution in [0, 0.1) is 6.10 Å². The number of aliphatic hydroxyl groups excluding tert-OH is 1. The SMILES string of the molecule is C=CC(=O)[C](C)O. The van der Waals surface area contributed by atoms with Crippen LogP contribution in [0.4, 0.5) is 0 Å². The standard InChI is InChI=1S/C5H7O2/c1-3-5(7)4(2)6/h3,6H,1H2,2H3. The Hall–Kier alpha value is -0.630. The zero-order chi connectivity index (χ0) is 5.86. The second-order valence-electron chi connectivity index (χ2n) is 1.15. The van der Waals surface area contributed by atoms with Gasteiger partial charge in [-0.1, -0.05) is 6.58 Å². The maximum atomic E-state index is 10.1. The molecule has 39 valence electrons. The zero-order valence-corrected chi connectivity index (χ0v) is 4.14. The van der Waals surface area contributed by atoms with Crippen LogP contribution in [0.1, 0.15) is 6.92 Å². The number of ketones is 1. The largest absolute Gasteiger partial charge is 0.378 e. The zero-order valence-electron chi connectivity index (χ0n) is 4.14. The van der Waals surface area contributed by atoms with Gasteiger partial charge in [0.2, 0.25) is 0 Å². The Morgan fingerprint density at radius 2 is 2.29 bits per heavy atom. The molecule has 0 atom stereocenters. The van der Waals surface area contributed by atoms with Crippen LogP contribution in [0.5, 0.6) is 0 Å². The fourth-order valence-corrected chi connectivity index (χ4v) is 0.148. The second-order valence-corrected chi connectivity index (χ2v) is 1.15. The van der Waals surface area contributed by atoms with E-state index >= 15 is 0 Å². The van der Waals surface area contributed by atoms with Gasteiger partial charge in [0.25, 0.3) is 0 Å². The molecule has 0 heterocycles. The van der Waals surface area contributed by atoms with Crippen LogP contribution in [0.25, 0.3) is 0 Å². The molecule has 0 unspecified atom stereocenters. The summed E-state index contributed by atoms with van der Waals surface area (Å²) in [6.45, 7) is 4.47. The molecule has 0 aliphatic carbocycles. The fourth-order valence-electron chi connectivity index (χ4n) is 0.148. The molecule has 0 rings (SSSR count). The molecule has 0 amide bonds. The number of aliphatic hydroxyl groups is 1. The molecule has 0 spiro atoms. The molecule has 2 heteroatoms. The van der Waals surface area contributed by atoms with E-state index in [1.807, 2.05) is 0 Å². The van der Waals surface area contributed by atoms with Crippen LogP contribution >= 0.6 is 0 Å². The normalized spacial score (nSPS) is 9.00. The van der Waals surface area contributed by atoms with Gasteiger partial charge in [0, 0.05) is 0 Å². The highest BCUT2D eigenvalue weighted by Gasteiger charge is 2.02. The van der Waals surface area contributed by atoms with E-state index in [0.717, 1.165) is 6.08 Å². The lowest BCUT2D eigenvalue weighted by Gasteiger charge is -1.90. The molecule has 0 saturated heterocycles. The Bertz CT molecular complexity index is 84.1. The Labute approximate surface area is 42.5 Å². The second kappa shape index (κ2) is 2.53. The molecule has 0 fully saturated rings. The third-order valence-electron chi connectivity index (χ3n) is 0.542. The van der Waals surface area contributed by atoms with Crippen LogP contribution in [-0.2, 0) is 4.79 Å². The first-order chi connectivity index (χ1) is 3.18. The van der Waals surface area contributed by atoms with Crippen LogP contribution in [0.15, 0.2) is 12.7 Å². The Morgan fingerprint density at radius 3 is 2.29 bits per heavy atom. The smallest absolute Gasteiger partial charge is 0.189 e. The predicted octanol–water partition coefficient (Wildman–Crippen LogP) is 0.666. The van der Waals surface area contributed by atoms with Gasteiger partial charge >= 0.3 is 0 Å². The first-order valence-corrected chi connectivity index (χ1v) is 1.87. The van der Waals surface area contributed by atoms with E-state index in [9.17, 15) is 4.79 Å². The minimum atomic E-state index is -0.417. The van der Waals surface area contributed by atoms with Crippen molar-refractivity contribution in [1.29, 1.82) is 0 Å². The molecule has 0 aromatic rings. The van der Waals surface area contributed by atoms with Crippen molar-refractivity contribution in [3.8, 4) is 0 Å². The molecular weight excluding hydrogens is 92.1 g/mol. The molecule has 0 aromatic heterocycles. The molecule has 0 aromatic carbocycles. The summed E-state index contributed by atoms with van der Waals surface area (Å²) in [5.41, 5.74) is 0. The lowest BCUT2D eigenvalue weighted by molar-refractivity contribution is -0.116. The van der Waals surface area contributed by atoms with Gasteiger partial charge in [-0.05, 0) is 13.0 Å². The minimum absolute atomic E-state index is 0.213. The topological polar surface area (TPSA) is 37.3 Å². The van der Waals surface area contributed by atoms with Gasteiger partial charge in [-0.25, -0.2) is 0 Å². The van der Waals surface area contributed by atoms with Gasteiger partial charge in [0.05, 0.1) is 0 Å². The summed E-state index contributed by atoms with van der Waals surface area (Å²) in [5.74, 6) is -0.417. The average Bonchev–Trinajstić information content (AvgIpc) is 1.65. The van der Waals surface area contributed by atoms with Crippen LogP contribution in [0.2, 0.25) is 0 Å². The Balaban J connectivity index is 3.56. The summed E-state index contributed by atoms with van der Waals surface area (Å²) < 4.78 is 0. The first kappa shape index (κ1) is 6.37. The van der Waals surface area contributed by atoms with Crippen LogP contribution < -0.4 is 0 Å². The molecule has 0 aliphatic rings. The van der Waals surface area contributed by atoms with E-state index in [2.05, 4.69) is 6.58 Å². The highest BCUT2D eigenvalue weighted by molar-refractivity contribution is 5.98. The average molecular weight is 99.1 g/mol. The molecule has 1 N–H and O–H groups in total. The van der Waals surface area contributed by atoms with Crippen molar-refractivity contribution >= 4 is 5.78 Å². The number of hydrogen-bond acceptors (Lipinski definition) is 2. The third kappa shape index (κ3) is 2.11. The quantitative estimate of drug-likeness (QED) is 0.516. The summed E-state index contributed by atoms with van der Waals surface area (Å²) in [6, 6.07) is 0. The van der Waals surface area contributed by atoms with E-state index in [1.54, 1.807) is 0 Å². The lowest BCUT2D eigenvalue weighted by Crippen LogP contribution is -2.01. The predicted molar refractivity (Wildman–Crippen MR) is 26.1 cm³/mol. The first-order valence-electron chi connectivity index (χ1n) is 1.87. The summed E-state index contributed by atoms with van der Waals surface area (Å²) in [4.78, 5) is 10.1. The monoisotopic (exact) mass is 99.0 g/mol. The van der Waals surface area contributed by atoms with Crippen molar-refractivity contribution < 1.29 is 9.90 Å². The molecule has 0 bridgehead atoms. The molecule has 0 saturated carbocycles. The van der Waals surface area contributed by atoms with Crippen LogP contribution in [-0.4, -0.2) is 10.9 Å². The highest BCUT2D eigenvalue weighted by Crippen LogP contribution is 1.91. The summed E-state index contributed by atoms with van der Waals surface area (Å²) in [7, 11) is 0. The van der Waals surface area contributed by atoms with E-state index in [1.165, 1.54) is 6.92 Å². The highest BCUT2D eigenvalue weighted by atomic mass is 16.3. The van der Waals surface area contributed by atoms with Gasteiger partial charge in [-0.3, -0.25) is 4.79 Å². The van der Waals surface area contributed by atoms with E-state index in [-0.39, 0.29) is 6.10 Å². The fraction of sp³-hybridized carbons (Fsp3) is 0.200. The van der Waals surface area contributed by atoms with E-state index in [0.29, 0.717) is 0 Å². The van der Waals surface area contributed by atoms with Gasteiger partial charge in [0.1, 0.15) is 0 Å². The number of carbonyl (C=O) groups is 1. The number of hydrogen-bond donors (Lipinski definition) is 1. The minimum Gasteiger partial charge on any atom is -0.378 e. The van der Waals surface area contributed by atoms with E-state index < -0.39 is 5.78 Å². The van der Waals surface area contributed by atoms with Crippen molar-refractivity contribution in [2.24, 2.45) is 0 Å². The van der Waals surface area contributed by atoms with Gasteiger partial charge in [0.15, 0.2) is 11.9 Å². The van der Waals surface area contributed by atoms with Crippen molar-refractivity contribution in [1.82, 2.24) is 0 Å². The lowest BCUT2D eigenvalue weighted by atomic mass is 10.3. The van der Waals surface area contributed by atoms with Crippen LogP contribution in [0.3, 0.4) is 0 Å². The number of carbonyl (C=O) groups excluding carboxylic acids is 1. The van der Waals surface area contributed by atoms with Crippen molar-refractivity contribution in [2.75, 3.05) is 0 Å². The maximum absolute atomic E-state index is 10.1. The molecule has 2 nitrogen and oxygen atoms in total. The summed E-state index contributed by atoms with van der Waals surface area (Å²) in [6.07, 6.45) is 0.852. The van der Waals surface area contributed by atoms with Crippen molar-refractivity contribution in [3.63, 3.8) is 0 Å². The summed E-state index contributed by atoms with van der Waals surface area (Å²) in [5, 5.41) is 8.32. The molecular formula is C5H7O2.